The summed E-state index contributed by atoms with van der Waals surface area (Å²) in [6.45, 7) is 8.57. The van der Waals surface area contributed by atoms with Crippen LogP contribution in [0.2, 0.25) is 0 Å². The van der Waals surface area contributed by atoms with Gasteiger partial charge in [0.15, 0.2) is 0 Å². The molecule has 1 fully saturated rings. The van der Waals surface area contributed by atoms with Crippen LogP contribution in [0.25, 0.3) is 0 Å². The molecule has 2 N–H and O–H groups in total. The van der Waals surface area contributed by atoms with Crippen LogP contribution in [0.15, 0.2) is 48.8 Å². The van der Waals surface area contributed by atoms with Gasteiger partial charge in [0.1, 0.15) is 6.33 Å². The lowest BCUT2D eigenvalue weighted by Gasteiger charge is -2.37. The number of hydrazine groups is 1. The van der Waals surface area contributed by atoms with Gasteiger partial charge in [0.25, 0.3) is 5.91 Å². The topological polar surface area (TPSA) is 117 Å². The Balaban J connectivity index is 1.50. The number of hydrogen-bond acceptors (Lipinski definition) is 8. The van der Waals surface area contributed by atoms with Crippen LogP contribution in [0.4, 0.5) is 23.0 Å². The van der Waals surface area contributed by atoms with E-state index in [2.05, 4.69) is 51.7 Å². The smallest absolute Gasteiger partial charge is 0.355 e. The number of piperazine rings is 1. The molecule has 1 aliphatic rings. The van der Waals surface area contributed by atoms with E-state index in [0.29, 0.717) is 31.7 Å². The van der Waals surface area contributed by atoms with Crippen LogP contribution in [0.5, 0.6) is 0 Å². The fourth-order valence-electron chi connectivity index (χ4n) is 4.11. The Labute approximate surface area is 197 Å². The van der Waals surface area contributed by atoms with E-state index in [4.69, 9.17) is 0 Å². The molecule has 0 aliphatic carbocycles. The second-order valence-corrected chi connectivity index (χ2v) is 8.24. The molecule has 0 radical (unpaired) electrons. The molecule has 4 rings (SSSR count). The maximum atomic E-state index is 12.5. The van der Waals surface area contributed by atoms with Crippen LogP contribution in [0.3, 0.4) is 0 Å². The molecule has 0 bridgehead atoms. The number of nitrogens with one attached hydrogen (secondary N) is 2. The predicted molar refractivity (Wildman–Crippen MR) is 131 cm³/mol. The van der Waals surface area contributed by atoms with Gasteiger partial charge in [-0.25, -0.2) is 9.97 Å². The number of carbonyl (C=O) groups excluding carboxylic acids is 1. The van der Waals surface area contributed by atoms with Crippen molar-refractivity contribution in [2.45, 2.75) is 20.8 Å². The molecule has 2 aromatic carbocycles. The summed E-state index contributed by atoms with van der Waals surface area (Å²) in [5, 5.41) is 12.0. The van der Waals surface area contributed by atoms with Gasteiger partial charge < -0.3 is 9.80 Å². The Morgan fingerprint density at radius 3 is 2.32 bits per heavy atom. The number of anilines is 3. The van der Waals surface area contributed by atoms with E-state index in [1.807, 2.05) is 30.0 Å². The summed E-state index contributed by atoms with van der Waals surface area (Å²) in [6.07, 6.45) is 1.27. The number of rotatable bonds is 6. The third-order valence-corrected chi connectivity index (χ3v) is 6.17. The van der Waals surface area contributed by atoms with E-state index >= 15 is 0 Å². The second-order valence-electron chi connectivity index (χ2n) is 8.24. The van der Waals surface area contributed by atoms with Crippen molar-refractivity contribution < 1.29 is 9.72 Å². The fraction of sp³-hybridized carbons (Fsp3) is 0.292. The molecule has 3 aromatic rings. The number of carbonyl (C=O) groups is 1. The van der Waals surface area contributed by atoms with Crippen LogP contribution in [-0.2, 0) is 0 Å². The van der Waals surface area contributed by atoms with E-state index in [1.165, 1.54) is 23.1 Å². The van der Waals surface area contributed by atoms with Crippen molar-refractivity contribution in [2.75, 3.05) is 41.4 Å². The van der Waals surface area contributed by atoms with Gasteiger partial charge in [-0.3, -0.25) is 25.8 Å². The van der Waals surface area contributed by atoms with Crippen molar-refractivity contribution in [1.29, 1.82) is 0 Å². The molecule has 1 aromatic heterocycles. The zero-order chi connectivity index (χ0) is 24.2. The molecule has 1 amide bonds. The van der Waals surface area contributed by atoms with Crippen molar-refractivity contribution in [1.82, 2.24) is 15.4 Å². The maximum absolute atomic E-state index is 12.5. The molecule has 1 aliphatic heterocycles. The standard InChI is InChI=1S/C24H27N7O3/c1-16-8-6-10-20(18(16)3)29-11-13-30(14-12-29)23-21(31(33)34)22(25-15-26-23)27-28-24(32)19-9-5-4-7-17(19)2/h4-10,15H,11-14H2,1-3H3,(H,28,32)(H,25,26,27). The Kier molecular flexibility index (Phi) is 6.58. The van der Waals surface area contributed by atoms with Crippen molar-refractivity contribution in [3.8, 4) is 0 Å². The van der Waals surface area contributed by atoms with E-state index in [1.54, 1.807) is 12.1 Å². The molecule has 176 valence electrons. The highest BCUT2D eigenvalue weighted by atomic mass is 16.6. The molecule has 10 heteroatoms. The molecule has 2 heterocycles. The van der Waals surface area contributed by atoms with Crippen molar-refractivity contribution in [3.63, 3.8) is 0 Å². The van der Waals surface area contributed by atoms with E-state index in [-0.39, 0.29) is 17.3 Å². The number of benzene rings is 2. The van der Waals surface area contributed by atoms with Gasteiger partial charge in [-0.1, -0.05) is 30.3 Å². The SMILES string of the molecule is Cc1ccccc1C(=O)NNc1ncnc(N2CCN(c3cccc(C)c3C)CC2)c1[N+](=O)[O-]. The van der Waals surface area contributed by atoms with Gasteiger partial charge in [0.2, 0.25) is 11.6 Å². The average Bonchev–Trinajstić information content (AvgIpc) is 2.84. The monoisotopic (exact) mass is 461 g/mol. The number of nitro groups is 1. The van der Waals surface area contributed by atoms with Crippen LogP contribution < -0.4 is 20.7 Å². The van der Waals surface area contributed by atoms with Gasteiger partial charge in [-0.15, -0.1) is 0 Å². The quantitative estimate of drug-likeness (QED) is 0.424. The summed E-state index contributed by atoms with van der Waals surface area (Å²) < 4.78 is 0. The normalized spacial score (nSPS) is 13.5. The molecule has 10 nitrogen and oxygen atoms in total. The molecular formula is C24H27N7O3. The maximum Gasteiger partial charge on any atom is 0.355 e. The lowest BCUT2D eigenvalue weighted by molar-refractivity contribution is -0.383. The first kappa shape index (κ1) is 23.0. The summed E-state index contributed by atoms with van der Waals surface area (Å²) in [4.78, 5) is 36.4. The minimum atomic E-state index is -0.519. The Morgan fingerprint density at radius 2 is 1.62 bits per heavy atom. The first-order valence-electron chi connectivity index (χ1n) is 11.0. The molecular weight excluding hydrogens is 434 g/mol. The molecule has 0 spiro atoms. The molecule has 0 atom stereocenters. The van der Waals surface area contributed by atoms with Crippen LogP contribution >= 0.6 is 0 Å². The van der Waals surface area contributed by atoms with Crippen molar-refractivity contribution >= 4 is 28.9 Å². The third kappa shape index (κ3) is 4.61. The summed E-state index contributed by atoms with van der Waals surface area (Å²) in [5.41, 5.74) is 9.77. The number of aromatic nitrogens is 2. The van der Waals surface area contributed by atoms with Gasteiger partial charge in [-0.05, 0) is 49.6 Å². The first-order chi connectivity index (χ1) is 16.4. The lowest BCUT2D eigenvalue weighted by atomic mass is 10.1. The number of amides is 1. The van der Waals surface area contributed by atoms with Crippen molar-refractivity contribution in [2.24, 2.45) is 0 Å². The first-order valence-corrected chi connectivity index (χ1v) is 11.0. The summed E-state index contributed by atoms with van der Waals surface area (Å²) in [6, 6.07) is 13.3. The number of nitrogens with zero attached hydrogens (tertiary/aromatic N) is 5. The van der Waals surface area contributed by atoms with Gasteiger partial charge in [0, 0.05) is 37.4 Å². The van der Waals surface area contributed by atoms with E-state index in [0.717, 1.165) is 5.56 Å². The molecule has 0 unspecified atom stereocenters. The third-order valence-electron chi connectivity index (χ3n) is 6.17. The van der Waals surface area contributed by atoms with Gasteiger partial charge in [-0.2, -0.15) is 0 Å². The van der Waals surface area contributed by atoms with Crippen LogP contribution in [0, 0.1) is 30.9 Å². The molecule has 1 saturated heterocycles. The van der Waals surface area contributed by atoms with Crippen LogP contribution in [0.1, 0.15) is 27.0 Å². The van der Waals surface area contributed by atoms with E-state index < -0.39 is 10.8 Å². The van der Waals surface area contributed by atoms with Gasteiger partial charge >= 0.3 is 5.69 Å². The minimum Gasteiger partial charge on any atom is -0.368 e. The lowest BCUT2D eigenvalue weighted by Crippen LogP contribution is -2.47. The second kappa shape index (κ2) is 9.74. The van der Waals surface area contributed by atoms with Gasteiger partial charge in [0.05, 0.1) is 4.92 Å². The zero-order valence-electron chi connectivity index (χ0n) is 19.4. The highest BCUT2D eigenvalue weighted by Crippen LogP contribution is 2.33. The minimum absolute atomic E-state index is 0.0612. The fourth-order valence-corrected chi connectivity index (χ4v) is 4.11. The van der Waals surface area contributed by atoms with Crippen molar-refractivity contribution in [3.05, 3.63) is 81.2 Å². The summed E-state index contributed by atoms with van der Waals surface area (Å²) >= 11 is 0. The average molecular weight is 462 g/mol. The molecule has 0 saturated carbocycles. The Morgan fingerprint density at radius 1 is 0.941 bits per heavy atom. The zero-order valence-corrected chi connectivity index (χ0v) is 19.4. The van der Waals surface area contributed by atoms with E-state index in [9.17, 15) is 14.9 Å². The summed E-state index contributed by atoms with van der Waals surface area (Å²) in [5.74, 6) is -0.239. The number of aryl methyl sites for hydroxylation is 2. The van der Waals surface area contributed by atoms with Crippen LogP contribution in [-0.4, -0.2) is 47.0 Å². The number of hydrogen-bond donors (Lipinski definition) is 2. The summed E-state index contributed by atoms with van der Waals surface area (Å²) in [7, 11) is 0. The Hall–Kier alpha value is -4.21. The Bertz CT molecular complexity index is 1220. The largest absolute Gasteiger partial charge is 0.368 e. The highest BCUT2D eigenvalue weighted by Gasteiger charge is 2.30. The highest BCUT2D eigenvalue weighted by molar-refractivity contribution is 5.96. The molecule has 34 heavy (non-hydrogen) atoms. The predicted octanol–water partition coefficient (Wildman–Crippen LogP) is 3.39.